The van der Waals surface area contributed by atoms with Gasteiger partial charge in [-0.15, -0.1) is 0 Å². The number of hydrogen-bond acceptors (Lipinski definition) is 4. The van der Waals surface area contributed by atoms with Gasteiger partial charge in [-0.2, -0.15) is 0 Å². The van der Waals surface area contributed by atoms with E-state index in [-0.39, 0.29) is 24.5 Å². The fourth-order valence-electron chi connectivity index (χ4n) is 1.41. The summed E-state index contributed by atoms with van der Waals surface area (Å²) < 4.78 is 7.02. The largest absolute Gasteiger partial charge is 0.460 e. The molecule has 0 aliphatic carbocycles. The van der Waals surface area contributed by atoms with Crippen LogP contribution in [0.3, 0.4) is 0 Å². The second-order valence-corrected chi connectivity index (χ2v) is 5.80. The van der Waals surface area contributed by atoms with E-state index >= 15 is 0 Å². The van der Waals surface area contributed by atoms with Gasteiger partial charge in [0, 0.05) is 12.7 Å². The highest BCUT2D eigenvalue weighted by atomic mass is 79.9. The molecule has 0 aliphatic heterocycles. The summed E-state index contributed by atoms with van der Waals surface area (Å²) in [5, 5.41) is 0. The lowest BCUT2D eigenvalue weighted by Crippen LogP contribution is -2.28. The quantitative estimate of drug-likeness (QED) is 0.801. The molecule has 0 fully saturated rings. The maximum atomic E-state index is 11.8. The molecule has 0 atom stereocenters. The molecule has 1 aromatic rings. The average molecular weight is 317 g/mol. The van der Waals surface area contributed by atoms with Crippen LogP contribution in [-0.4, -0.2) is 21.1 Å². The molecule has 0 unspecified atom stereocenters. The summed E-state index contributed by atoms with van der Waals surface area (Å²) in [6.07, 6.45) is 1.61. The lowest BCUT2D eigenvalue weighted by molar-refractivity contribution is -0.155. The summed E-state index contributed by atoms with van der Waals surface area (Å²) in [5.74, 6) is 0.250. The molecule has 0 radical (unpaired) electrons. The highest BCUT2D eigenvalue weighted by Crippen LogP contribution is 2.09. The van der Waals surface area contributed by atoms with Crippen molar-refractivity contribution in [3.05, 3.63) is 26.8 Å². The molecule has 5 nitrogen and oxygen atoms in total. The van der Waals surface area contributed by atoms with Gasteiger partial charge in [0.15, 0.2) is 0 Å². The minimum Gasteiger partial charge on any atom is -0.460 e. The van der Waals surface area contributed by atoms with Crippen molar-refractivity contribution < 1.29 is 9.53 Å². The number of nitrogens with zero attached hydrogens (tertiary/aromatic N) is 2. The van der Waals surface area contributed by atoms with E-state index in [0.717, 1.165) is 0 Å². The van der Waals surface area contributed by atoms with Crippen molar-refractivity contribution in [2.45, 2.75) is 46.3 Å². The number of carbonyl (C=O) groups is 1. The molecule has 0 spiro atoms. The molecule has 0 bridgehead atoms. The van der Waals surface area contributed by atoms with Crippen LogP contribution in [0.4, 0.5) is 0 Å². The van der Waals surface area contributed by atoms with Gasteiger partial charge in [0.1, 0.15) is 15.9 Å². The lowest BCUT2D eigenvalue weighted by Gasteiger charge is -2.19. The first-order chi connectivity index (χ1) is 8.20. The Morgan fingerprint density at radius 3 is 2.67 bits per heavy atom. The normalized spacial score (nSPS) is 11.4. The Morgan fingerprint density at radius 2 is 2.11 bits per heavy atom. The number of aryl methyl sites for hydroxylation is 1. The number of carbonyl (C=O) groups excluding carboxylic acids is 1. The summed E-state index contributed by atoms with van der Waals surface area (Å²) in [5.41, 5.74) is -0.696. The number of ether oxygens (including phenoxy) is 1. The number of esters is 1. The number of aromatic nitrogens is 2. The van der Waals surface area contributed by atoms with E-state index in [1.54, 1.807) is 6.92 Å². The molecule has 0 aliphatic rings. The van der Waals surface area contributed by atoms with Gasteiger partial charge in [-0.05, 0) is 43.6 Å². The van der Waals surface area contributed by atoms with Gasteiger partial charge in [-0.25, -0.2) is 4.98 Å². The third kappa shape index (κ3) is 4.25. The summed E-state index contributed by atoms with van der Waals surface area (Å²) in [7, 11) is 0. The van der Waals surface area contributed by atoms with Crippen LogP contribution in [-0.2, 0) is 16.1 Å². The fourth-order valence-corrected chi connectivity index (χ4v) is 1.73. The van der Waals surface area contributed by atoms with Crippen molar-refractivity contribution in [2.24, 2.45) is 0 Å². The second-order valence-electron chi connectivity index (χ2n) is 4.95. The molecule has 0 saturated carbocycles. The Hall–Kier alpha value is -1.17. The molecule has 1 rings (SSSR count). The fraction of sp³-hybridized carbons (Fsp3) is 0.583. The third-order valence-corrected chi connectivity index (χ3v) is 2.71. The molecule has 1 aromatic heterocycles. The standard InChI is InChI=1S/C12H17BrN2O3/c1-8-14-7-9(13)11(17)15(8)6-5-10(16)18-12(2,3)4/h7H,5-6H2,1-4H3. The van der Waals surface area contributed by atoms with Crippen LogP contribution in [0.2, 0.25) is 0 Å². The van der Waals surface area contributed by atoms with E-state index in [4.69, 9.17) is 4.74 Å². The zero-order chi connectivity index (χ0) is 13.9. The topological polar surface area (TPSA) is 61.2 Å². The Bertz CT molecular complexity index is 503. The molecular formula is C12H17BrN2O3. The minimum absolute atomic E-state index is 0.149. The Morgan fingerprint density at radius 1 is 1.50 bits per heavy atom. The molecule has 0 amide bonds. The monoisotopic (exact) mass is 316 g/mol. The van der Waals surface area contributed by atoms with Crippen molar-refractivity contribution >= 4 is 21.9 Å². The van der Waals surface area contributed by atoms with Gasteiger partial charge < -0.3 is 4.74 Å². The van der Waals surface area contributed by atoms with Crippen LogP contribution in [0.5, 0.6) is 0 Å². The van der Waals surface area contributed by atoms with Gasteiger partial charge >= 0.3 is 5.97 Å². The number of halogens is 1. The molecule has 0 N–H and O–H groups in total. The first-order valence-electron chi connectivity index (χ1n) is 5.64. The van der Waals surface area contributed by atoms with Crippen LogP contribution in [0.25, 0.3) is 0 Å². The maximum Gasteiger partial charge on any atom is 0.308 e. The predicted molar refractivity (Wildman–Crippen MR) is 71.4 cm³/mol. The van der Waals surface area contributed by atoms with E-state index < -0.39 is 5.60 Å². The predicted octanol–water partition coefficient (Wildman–Crippen LogP) is 2.05. The van der Waals surface area contributed by atoms with E-state index in [2.05, 4.69) is 20.9 Å². The minimum atomic E-state index is -0.507. The van der Waals surface area contributed by atoms with E-state index in [1.807, 2.05) is 20.8 Å². The smallest absolute Gasteiger partial charge is 0.308 e. The molecule has 100 valence electrons. The zero-order valence-electron chi connectivity index (χ0n) is 11.0. The van der Waals surface area contributed by atoms with Crippen molar-refractivity contribution in [1.82, 2.24) is 9.55 Å². The van der Waals surface area contributed by atoms with E-state index in [9.17, 15) is 9.59 Å². The second kappa shape index (κ2) is 5.65. The Labute approximate surface area is 114 Å². The number of rotatable bonds is 3. The van der Waals surface area contributed by atoms with Gasteiger partial charge in [0.2, 0.25) is 0 Å². The van der Waals surface area contributed by atoms with Crippen molar-refractivity contribution in [2.75, 3.05) is 0 Å². The van der Waals surface area contributed by atoms with Crippen molar-refractivity contribution in [3.63, 3.8) is 0 Å². The van der Waals surface area contributed by atoms with Crippen molar-refractivity contribution in [3.8, 4) is 0 Å². The molecular weight excluding hydrogens is 300 g/mol. The van der Waals surface area contributed by atoms with Crippen LogP contribution < -0.4 is 5.56 Å². The Balaban J connectivity index is 2.73. The maximum absolute atomic E-state index is 11.8. The molecule has 0 aromatic carbocycles. The molecule has 18 heavy (non-hydrogen) atoms. The lowest BCUT2D eigenvalue weighted by atomic mass is 10.2. The highest BCUT2D eigenvalue weighted by molar-refractivity contribution is 9.10. The first-order valence-corrected chi connectivity index (χ1v) is 6.44. The third-order valence-electron chi connectivity index (χ3n) is 2.16. The number of hydrogen-bond donors (Lipinski definition) is 0. The van der Waals surface area contributed by atoms with Gasteiger partial charge in [0.25, 0.3) is 5.56 Å². The van der Waals surface area contributed by atoms with E-state index in [1.165, 1.54) is 10.8 Å². The summed E-state index contributed by atoms with van der Waals surface area (Å²) in [6.45, 7) is 7.42. The Kier molecular flexibility index (Phi) is 4.67. The van der Waals surface area contributed by atoms with Crippen molar-refractivity contribution in [1.29, 1.82) is 0 Å². The average Bonchev–Trinajstić information content (AvgIpc) is 2.21. The van der Waals surface area contributed by atoms with Gasteiger partial charge in [-0.3, -0.25) is 14.2 Å². The SMILES string of the molecule is Cc1ncc(Br)c(=O)n1CCC(=O)OC(C)(C)C. The van der Waals surface area contributed by atoms with Crippen LogP contribution >= 0.6 is 15.9 Å². The molecule has 0 saturated heterocycles. The highest BCUT2D eigenvalue weighted by Gasteiger charge is 2.16. The summed E-state index contributed by atoms with van der Waals surface area (Å²) >= 11 is 3.12. The summed E-state index contributed by atoms with van der Waals surface area (Å²) in [4.78, 5) is 27.4. The van der Waals surface area contributed by atoms with Crippen LogP contribution in [0.15, 0.2) is 15.5 Å². The van der Waals surface area contributed by atoms with Crippen LogP contribution in [0.1, 0.15) is 33.0 Å². The molecule has 6 heteroatoms. The van der Waals surface area contributed by atoms with Crippen LogP contribution in [0, 0.1) is 6.92 Å². The zero-order valence-corrected chi connectivity index (χ0v) is 12.6. The van der Waals surface area contributed by atoms with E-state index in [0.29, 0.717) is 10.3 Å². The molecule has 1 heterocycles. The van der Waals surface area contributed by atoms with Gasteiger partial charge in [0.05, 0.1) is 6.42 Å². The first kappa shape index (κ1) is 14.9. The van der Waals surface area contributed by atoms with Gasteiger partial charge in [-0.1, -0.05) is 0 Å². The summed E-state index contributed by atoms with van der Waals surface area (Å²) in [6, 6.07) is 0.